The van der Waals surface area contributed by atoms with Crippen molar-refractivity contribution in [2.75, 3.05) is 0 Å². The maximum atomic E-state index is 11.8. The molecule has 17 aromatic carbocycles. The van der Waals surface area contributed by atoms with Crippen molar-refractivity contribution in [1.82, 2.24) is 9.55 Å². The number of nitrogens with zero attached hydrogens (tertiary/aromatic N) is 2. The molecule has 19 aromatic rings. The maximum absolute atomic E-state index is 11.8. The van der Waals surface area contributed by atoms with Crippen molar-refractivity contribution in [3.05, 3.63) is 421 Å². The van der Waals surface area contributed by atoms with Crippen LogP contribution in [0.4, 0.5) is 5.69 Å². The van der Waals surface area contributed by atoms with Crippen molar-refractivity contribution < 1.29 is 4.92 Å². The first-order valence-corrected chi connectivity index (χ1v) is 39.5. The number of fused-ring (bicyclic) bond motifs is 11. The number of aromatic amines is 1. The monoisotopic (exact) mass is 1690 g/mol. The Kier molecular flexibility index (Phi) is 22.1. The first-order valence-electron chi connectivity index (χ1n) is 34.7. The van der Waals surface area contributed by atoms with Crippen LogP contribution in [0, 0.1) is 13.7 Å². The van der Waals surface area contributed by atoms with Gasteiger partial charge in [-0.3, -0.25) is 10.1 Å². The van der Waals surface area contributed by atoms with Gasteiger partial charge in [-0.1, -0.05) is 375 Å². The number of rotatable bonds is 9. The van der Waals surface area contributed by atoms with E-state index in [0.29, 0.717) is 10.9 Å². The Morgan fingerprint density at radius 1 is 0.330 bits per heavy atom. The van der Waals surface area contributed by atoms with Crippen LogP contribution in [-0.2, 0) is 0 Å². The first kappa shape index (κ1) is 70.8. The molecule has 2 heterocycles. The Bertz CT molecular complexity index is 6180. The lowest BCUT2D eigenvalue weighted by molar-refractivity contribution is -0.382. The van der Waals surface area contributed by atoms with E-state index in [0.717, 1.165) is 41.0 Å². The fraction of sp³-hybridized carbons (Fsp3) is 0. The van der Waals surface area contributed by atoms with Gasteiger partial charge in [0, 0.05) is 66.1 Å². The molecule has 19 rings (SSSR count). The SMILES string of the molecule is Brc1cc(-c2ccccc2)cc2[nH]c3c4ccccc4ccc3c12.Brc1cc(-c2ccccc2)cc2c1c1ccc3ccccc3c1n2-c1ccccc1.Ic1ccccc1.O=[N+]([O-])c1c(-c2ccc(-c3ccccc3)cc2Br)ccc2ccccc12.c1ccc(P(c2ccccc2)c2ccccc2)cc1. The molecule has 0 aliphatic carbocycles. The zero-order chi connectivity index (χ0) is 72.3. The summed E-state index contributed by atoms with van der Waals surface area (Å²) in [6.07, 6.45) is 0. The van der Waals surface area contributed by atoms with Gasteiger partial charge in [-0.25, -0.2) is 0 Å². The van der Waals surface area contributed by atoms with E-state index in [-0.39, 0.29) is 10.6 Å². The Hall–Kier alpha value is -10.9. The van der Waals surface area contributed by atoms with Crippen molar-refractivity contribution in [3.63, 3.8) is 0 Å². The predicted molar refractivity (Wildman–Crippen MR) is 471 cm³/mol. The third kappa shape index (κ3) is 15.5. The number of aromatic nitrogens is 2. The second kappa shape index (κ2) is 33.1. The number of hydrogen-bond acceptors (Lipinski definition) is 2. The number of benzene rings is 17. The van der Waals surface area contributed by atoms with Crippen molar-refractivity contribution in [1.29, 1.82) is 0 Å². The Labute approximate surface area is 655 Å². The molecule has 510 valence electrons. The van der Waals surface area contributed by atoms with Crippen LogP contribution in [0.25, 0.3) is 126 Å². The van der Waals surface area contributed by atoms with Gasteiger partial charge in [0.1, 0.15) is 0 Å². The largest absolute Gasteiger partial charge is 0.354 e. The van der Waals surface area contributed by atoms with Crippen LogP contribution in [0.3, 0.4) is 0 Å². The van der Waals surface area contributed by atoms with E-state index >= 15 is 0 Å². The van der Waals surface area contributed by atoms with Crippen molar-refractivity contribution in [2.45, 2.75) is 0 Å². The first-order chi connectivity index (χ1) is 52.1. The highest BCUT2D eigenvalue weighted by Crippen LogP contribution is 2.45. The lowest BCUT2D eigenvalue weighted by Crippen LogP contribution is -2.20. The molecule has 0 amide bonds. The minimum Gasteiger partial charge on any atom is -0.354 e. The number of nitro groups is 1. The number of hydrogen-bond donors (Lipinski definition) is 1. The third-order valence-corrected chi connectivity index (χ3v) is 23.8. The van der Waals surface area contributed by atoms with Gasteiger partial charge in [0.2, 0.25) is 0 Å². The molecule has 0 aliphatic heterocycles. The fourth-order valence-corrected chi connectivity index (χ4v) is 18.5. The number of para-hydroxylation sites is 1. The highest BCUT2D eigenvalue weighted by atomic mass is 127. The molecule has 0 bridgehead atoms. The lowest BCUT2D eigenvalue weighted by Gasteiger charge is -2.18. The second-order valence-electron chi connectivity index (χ2n) is 25.3. The molecule has 0 atom stereocenters. The fourth-order valence-electron chi connectivity index (χ4n) is 13.8. The van der Waals surface area contributed by atoms with Crippen LogP contribution < -0.4 is 15.9 Å². The highest BCUT2D eigenvalue weighted by Gasteiger charge is 2.23. The Morgan fingerprint density at radius 3 is 1.24 bits per heavy atom. The summed E-state index contributed by atoms with van der Waals surface area (Å²) < 4.78 is 6.77. The quantitative estimate of drug-likeness (QED) is 0.0677. The number of nitrogens with one attached hydrogen (secondary N) is 1. The van der Waals surface area contributed by atoms with Gasteiger partial charge < -0.3 is 9.55 Å². The van der Waals surface area contributed by atoms with Gasteiger partial charge in [-0.15, -0.1) is 0 Å². The van der Waals surface area contributed by atoms with Gasteiger partial charge in [0.25, 0.3) is 5.69 Å². The summed E-state index contributed by atoms with van der Waals surface area (Å²) in [7, 11) is -0.446. The normalized spacial score (nSPS) is 11.0. The molecule has 0 spiro atoms. The van der Waals surface area contributed by atoms with Crippen LogP contribution in [-0.4, -0.2) is 14.5 Å². The van der Waals surface area contributed by atoms with Gasteiger partial charge >= 0.3 is 0 Å². The Morgan fingerprint density at radius 2 is 0.726 bits per heavy atom. The molecular weight excluding hydrogens is 1620 g/mol. The van der Waals surface area contributed by atoms with E-state index in [1.54, 1.807) is 6.07 Å². The van der Waals surface area contributed by atoms with Crippen LogP contribution >= 0.6 is 78.3 Å². The average molecular weight is 1690 g/mol. The number of H-pyrrole nitrogens is 1. The predicted octanol–water partition coefficient (Wildman–Crippen LogP) is 27.9. The topological polar surface area (TPSA) is 63.9 Å². The second-order valence-corrected chi connectivity index (χ2v) is 31.3. The standard InChI is InChI=1S/C28H18BrN.C22H14BrNO2.C22H14BrN.C18H15P.C6H5I/c29-25-17-21(19-9-3-1-4-10-19)18-26-27(25)24-16-15-20-11-7-8-14-23(20)28(24)30(26)22-12-5-2-6-13-22;23-21-14-17(15-6-2-1-3-7-15)11-12-19(21)20-13-10-16-8-4-5-9-18(16)22(20)24(25)26;23-19-12-16(14-6-2-1-3-7-14)13-20-21(19)18-11-10-15-8-4-5-9-17(15)22(18)24-20;1-4-10-16(11-5-1)19(17-12-6-2-7-13-17)18-14-8-3-9-15-18;7-6-4-2-1-3-5-6/h1-18H;1-14H;1-13,24H;1-15H;1-5H. The minimum absolute atomic E-state index is 0.135. The summed E-state index contributed by atoms with van der Waals surface area (Å²) >= 11 is 13.6. The van der Waals surface area contributed by atoms with E-state index in [1.807, 2.05) is 103 Å². The summed E-state index contributed by atoms with van der Waals surface area (Å²) in [6.45, 7) is 0. The average Bonchev–Trinajstić information content (AvgIpc) is 1.57. The highest BCUT2D eigenvalue weighted by molar-refractivity contribution is 14.1. The summed E-state index contributed by atoms with van der Waals surface area (Å²) in [5, 5.41) is 27.6. The molecule has 106 heavy (non-hydrogen) atoms. The number of nitro benzene ring substituents is 1. The van der Waals surface area contributed by atoms with Crippen LogP contribution in [0.5, 0.6) is 0 Å². The molecular formula is C96H66Br3IN3O2P. The van der Waals surface area contributed by atoms with Gasteiger partial charge in [0.05, 0.1) is 32.4 Å². The lowest BCUT2D eigenvalue weighted by atomic mass is 9.96. The molecule has 2 aromatic heterocycles. The molecule has 0 aliphatic rings. The molecule has 1 N–H and O–H groups in total. The van der Waals surface area contributed by atoms with Crippen molar-refractivity contribution in [3.8, 4) is 50.2 Å². The van der Waals surface area contributed by atoms with Crippen LogP contribution in [0.2, 0.25) is 0 Å². The van der Waals surface area contributed by atoms with E-state index in [2.05, 4.69) is 365 Å². The summed E-state index contributed by atoms with van der Waals surface area (Å²) in [4.78, 5) is 15.1. The third-order valence-electron chi connectivity index (χ3n) is 18.7. The van der Waals surface area contributed by atoms with Crippen LogP contribution in [0.1, 0.15) is 0 Å². The maximum Gasteiger partial charge on any atom is 0.284 e. The summed E-state index contributed by atoms with van der Waals surface area (Å²) in [6, 6.07) is 136. The molecule has 10 heteroatoms. The molecule has 5 nitrogen and oxygen atoms in total. The summed E-state index contributed by atoms with van der Waals surface area (Å²) in [5.74, 6) is 0. The van der Waals surface area contributed by atoms with Gasteiger partial charge in [-0.05, 0) is 163 Å². The zero-order valence-corrected chi connectivity index (χ0v) is 65.0. The summed E-state index contributed by atoms with van der Waals surface area (Å²) in [5.41, 5.74) is 14.6. The van der Waals surface area contributed by atoms with E-state index < -0.39 is 7.92 Å². The van der Waals surface area contributed by atoms with E-state index in [1.165, 1.54) is 107 Å². The Balaban J connectivity index is 0.000000111. The van der Waals surface area contributed by atoms with Gasteiger partial charge in [-0.2, -0.15) is 0 Å². The molecule has 0 unspecified atom stereocenters. The smallest absolute Gasteiger partial charge is 0.284 e. The van der Waals surface area contributed by atoms with Crippen molar-refractivity contribution >= 4 is 176 Å². The molecule has 0 saturated heterocycles. The zero-order valence-electron chi connectivity index (χ0n) is 57.2. The van der Waals surface area contributed by atoms with E-state index in [4.69, 9.17) is 0 Å². The minimum atomic E-state index is -0.446. The van der Waals surface area contributed by atoms with E-state index in [9.17, 15) is 10.1 Å². The van der Waals surface area contributed by atoms with Gasteiger partial charge in [0.15, 0.2) is 0 Å². The molecule has 0 saturated carbocycles. The van der Waals surface area contributed by atoms with Crippen molar-refractivity contribution in [2.24, 2.45) is 0 Å². The molecule has 0 fully saturated rings. The number of halogens is 4. The molecule has 0 radical (unpaired) electrons. The van der Waals surface area contributed by atoms with Crippen LogP contribution in [0.15, 0.2) is 408 Å².